The molecule has 3 N–H and O–H groups in total. The van der Waals surface area contributed by atoms with E-state index in [9.17, 15) is 9.90 Å². The second-order valence-corrected chi connectivity index (χ2v) is 9.77. The van der Waals surface area contributed by atoms with Crippen molar-refractivity contribution in [2.24, 2.45) is 0 Å². The molecule has 1 heterocycles. The number of ketones is 1. The number of nitrogens with zero attached hydrogens (tertiary/aromatic N) is 2. The molecule has 2 aromatic carbocycles. The zero-order chi connectivity index (χ0) is 26.5. The molecule has 1 aromatic heterocycles. The first kappa shape index (κ1) is 29.1. The maximum absolute atomic E-state index is 13.2. The van der Waals surface area contributed by atoms with Crippen LogP contribution in [0.5, 0.6) is 0 Å². The van der Waals surface area contributed by atoms with E-state index in [0.29, 0.717) is 18.7 Å². The van der Waals surface area contributed by atoms with Crippen molar-refractivity contribution < 1.29 is 14.6 Å². The van der Waals surface area contributed by atoms with Gasteiger partial charge in [0.1, 0.15) is 0 Å². The van der Waals surface area contributed by atoms with Crippen LogP contribution in [0, 0.1) is 0 Å². The van der Waals surface area contributed by atoms with Gasteiger partial charge in [0.25, 0.3) is 0 Å². The summed E-state index contributed by atoms with van der Waals surface area (Å²) in [6, 6.07) is 18.5. The fraction of sp³-hybridized carbons (Fsp3) is 0.379. The summed E-state index contributed by atoms with van der Waals surface area (Å²) >= 11 is 12.3. The second-order valence-electron chi connectivity index (χ2n) is 8.95. The molecule has 8 heteroatoms. The number of benzene rings is 2. The number of aromatic nitrogens is 1. The third-order valence-corrected chi connectivity index (χ3v) is 6.88. The smallest absolute Gasteiger partial charge is 0.176 e. The number of ether oxygens (including phenoxy) is 1. The number of anilines is 1. The van der Waals surface area contributed by atoms with E-state index < -0.39 is 0 Å². The number of pyridine rings is 1. The van der Waals surface area contributed by atoms with Crippen molar-refractivity contribution in [3.05, 3.63) is 93.7 Å². The lowest BCUT2D eigenvalue weighted by Crippen LogP contribution is -2.36. The van der Waals surface area contributed by atoms with E-state index in [2.05, 4.69) is 4.98 Å². The molecule has 0 radical (unpaired) electrons. The van der Waals surface area contributed by atoms with Crippen molar-refractivity contribution in [2.75, 3.05) is 38.6 Å². The van der Waals surface area contributed by atoms with E-state index in [-0.39, 0.29) is 40.7 Å². The van der Waals surface area contributed by atoms with Crippen LogP contribution in [0.1, 0.15) is 53.3 Å². The molecule has 0 fully saturated rings. The summed E-state index contributed by atoms with van der Waals surface area (Å²) in [5.74, 6) is -0.125. The fourth-order valence-corrected chi connectivity index (χ4v) is 4.66. The molecule has 0 aliphatic heterocycles. The average molecular weight is 545 g/mol. The Kier molecular flexibility index (Phi) is 12.3. The molecular formula is C29H35Cl2N3O3. The van der Waals surface area contributed by atoms with Gasteiger partial charge >= 0.3 is 0 Å². The summed E-state index contributed by atoms with van der Waals surface area (Å²) in [5, 5.41) is 10.7. The first-order chi connectivity index (χ1) is 18.0. The van der Waals surface area contributed by atoms with Gasteiger partial charge in [-0.3, -0.25) is 14.7 Å². The van der Waals surface area contributed by atoms with Crippen LogP contribution in [0.2, 0.25) is 10.0 Å². The van der Waals surface area contributed by atoms with Crippen LogP contribution in [0.25, 0.3) is 0 Å². The maximum atomic E-state index is 13.2. The molecule has 0 aliphatic rings. The lowest BCUT2D eigenvalue weighted by Gasteiger charge is -2.30. The van der Waals surface area contributed by atoms with Gasteiger partial charge in [-0.15, -0.1) is 0 Å². The number of Topliss-reactive ketones (excluding diaryl/α,β-unsaturated/α-hetero) is 1. The zero-order valence-corrected chi connectivity index (χ0v) is 22.5. The number of nitrogen functional groups attached to an aromatic ring is 1. The SMILES string of the molecule is Nc1c(Cl)cc(C(=O)CN(CCCCCCOCCc2ccccn2)C(CO)c2ccccc2)cc1Cl. The largest absolute Gasteiger partial charge is 0.396 e. The average Bonchev–Trinajstić information content (AvgIpc) is 2.91. The van der Waals surface area contributed by atoms with Crippen LogP contribution in [-0.4, -0.2) is 53.7 Å². The van der Waals surface area contributed by atoms with Gasteiger partial charge in [-0.2, -0.15) is 0 Å². The molecule has 1 atom stereocenters. The summed E-state index contributed by atoms with van der Waals surface area (Å²) < 4.78 is 5.75. The minimum atomic E-state index is -0.292. The van der Waals surface area contributed by atoms with Gasteiger partial charge in [-0.1, -0.05) is 72.4 Å². The Hall–Kier alpha value is -2.48. The van der Waals surface area contributed by atoms with Crippen LogP contribution >= 0.6 is 23.2 Å². The van der Waals surface area contributed by atoms with Crippen molar-refractivity contribution in [3.8, 4) is 0 Å². The van der Waals surface area contributed by atoms with E-state index in [1.54, 1.807) is 18.3 Å². The normalized spacial score (nSPS) is 12.1. The first-order valence-corrected chi connectivity index (χ1v) is 13.4. The third kappa shape index (κ3) is 9.40. The topological polar surface area (TPSA) is 88.7 Å². The van der Waals surface area contributed by atoms with Crippen molar-refractivity contribution >= 4 is 34.7 Å². The quantitative estimate of drug-likeness (QED) is 0.131. The lowest BCUT2D eigenvalue weighted by atomic mass is 10.0. The number of hydrogen-bond donors (Lipinski definition) is 2. The van der Waals surface area contributed by atoms with E-state index in [4.69, 9.17) is 33.7 Å². The molecule has 0 bridgehead atoms. The highest BCUT2D eigenvalue weighted by molar-refractivity contribution is 6.39. The van der Waals surface area contributed by atoms with Gasteiger partial charge in [-0.25, -0.2) is 0 Å². The third-order valence-electron chi connectivity index (χ3n) is 6.26. The minimum absolute atomic E-state index is 0.0926. The minimum Gasteiger partial charge on any atom is -0.396 e. The molecule has 0 saturated heterocycles. The Morgan fingerprint density at radius 2 is 1.68 bits per heavy atom. The van der Waals surface area contributed by atoms with E-state index >= 15 is 0 Å². The number of hydrogen-bond acceptors (Lipinski definition) is 6. The zero-order valence-electron chi connectivity index (χ0n) is 21.0. The Morgan fingerprint density at radius 3 is 2.35 bits per heavy atom. The summed E-state index contributed by atoms with van der Waals surface area (Å²) in [6.07, 6.45) is 6.52. The summed E-state index contributed by atoms with van der Waals surface area (Å²) in [4.78, 5) is 19.5. The highest BCUT2D eigenvalue weighted by Crippen LogP contribution is 2.29. The van der Waals surface area contributed by atoms with E-state index in [0.717, 1.165) is 50.0 Å². The summed E-state index contributed by atoms with van der Waals surface area (Å²) in [6.45, 7) is 2.10. The van der Waals surface area contributed by atoms with Gasteiger partial charge < -0.3 is 15.6 Å². The van der Waals surface area contributed by atoms with Crippen LogP contribution in [0.3, 0.4) is 0 Å². The summed E-state index contributed by atoms with van der Waals surface area (Å²) in [5.41, 5.74) is 8.49. The maximum Gasteiger partial charge on any atom is 0.176 e. The highest BCUT2D eigenvalue weighted by atomic mass is 35.5. The number of rotatable bonds is 16. The molecule has 1 unspecified atom stereocenters. The van der Waals surface area contributed by atoms with Crippen LogP contribution in [0.15, 0.2) is 66.9 Å². The van der Waals surface area contributed by atoms with Gasteiger partial charge in [0, 0.05) is 30.5 Å². The number of carbonyl (C=O) groups excluding carboxylic acids is 1. The first-order valence-electron chi connectivity index (χ1n) is 12.6. The number of halogens is 2. The molecule has 0 spiro atoms. The molecule has 3 rings (SSSR count). The van der Waals surface area contributed by atoms with Crippen LogP contribution in [0.4, 0.5) is 5.69 Å². The predicted molar refractivity (Wildman–Crippen MR) is 150 cm³/mol. The second kappa shape index (κ2) is 15.7. The van der Waals surface area contributed by atoms with Crippen molar-refractivity contribution in [3.63, 3.8) is 0 Å². The van der Waals surface area contributed by atoms with Crippen LogP contribution < -0.4 is 5.73 Å². The molecule has 37 heavy (non-hydrogen) atoms. The van der Waals surface area contributed by atoms with E-state index in [1.165, 1.54) is 0 Å². The van der Waals surface area contributed by atoms with Crippen molar-refractivity contribution in [1.29, 1.82) is 0 Å². The molecule has 6 nitrogen and oxygen atoms in total. The summed E-state index contributed by atoms with van der Waals surface area (Å²) in [7, 11) is 0. The molecule has 3 aromatic rings. The molecule has 198 valence electrons. The molecular weight excluding hydrogens is 509 g/mol. The van der Waals surface area contributed by atoms with E-state index in [1.807, 2.05) is 53.4 Å². The van der Waals surface area contributed by atoms with Crippen molar-refractivity contribution in [1.82, 2.24) is 9.88 Å². The molecule has 0 aliphatic carbocycles. The van der Waals surface area contributed by atoms with Crippen LogP contribution in [-0.2, 0) is 11.2 Å². The van der Waals surface area contributed by atoms with Gasteiger partial charge in [0.2, 0.25) is 0 Å². The fourth-order valence-electron chi connectivity index (χ4n) is 4.17. The Balaban J connectivity index is 1.50. The number of aliphatic hydroxyl groups is 1. The highest BCUT2D eigenvalue weighted by Gasteiger charge is 2.23. The van der Waals surface area contributed by atoms with Gasteiger partial charge in [-0.05, 0) is 49.2 Å². The Bertz CT molecular complexity index is 1080. The lowest BCUT2D eigenvalue weighted by molar-refractivity contribution is 0.0812. The number of aliphatic hydroxyl groups excluding tert-OH is 1. The number of nitrogens with two attached hydrogens (primary N) is 1. The Labute approximate surface area is 229 Å². The van der Waals surface area contributed by atoms with Gasteiger partial charge in [0.05, 0.1) is 41.5 Å². The monoisotopic (exact) mass is 543 g/mol. The molecule has 0 saturated carbocycles. The van der Waals surface area contributed by atoms with Crippen molar-refractivity contribution in [2.45, 2.75) is 38.1 Å². The number of carbonyl (C=O) groups is 1. The van der Waals surface area contributed by atoms with Gasteiger partial charge in [0.15, 0.2) is 5.78 Å². The Morgan fingerprint density at radius 1 is 0.973 bits per heavy atom. The predicted octanol–water partition coefficient (Wildman–Crippen LogP) is 6.01. The number of unbranched alkanes of at least 4 members (excludes halogenated alkanes) is 3. The standard InChI is InChI=1S/C29H35Cl2N3O3/c30-25-18-23(19-26(31)29(25)32)28(36)20-34(27(21-35)22-10-4-3-5-11-22)15-8-1-2-9-16-37-17-13-24-12-6-7-14-33-24/h3-7,10-12,14,18-19,27,35H,1-2,8-9,13,15-17,20-21,32H2. The molecule has 0 amide bonds.